The van der Waals surface area contributed by atoms with E-state index in [1.807, 2.05) is 24.3 Å². The zero-order valence-electron chi connectivity index (χ0n) is 13.5. The first-order chi connectivity index (χ1) is 11.7. The van der Waals surface area contributed by atoms with Crippen molar-refractivity contribution >= 4 is 6.09 Å². The summed E-state index contributed by atoms with van der Waals surface area (Å²) in [6, 6.07) is 16.4. The molecule has 4 heteroatoms. The highest BCUT2D eigenvalue weighted by atomic mass is 16.6. The van der Waals surface area contributed by atoms with Gasteiger partial charge in [-0.1, -0.05) is 55.0 Å². The average Bonchev–Trinajstić information content (AvgIpc) is 2.90. The van der Waals surface area contributed by atoms with Crippen molar-refractivity contribution in [1.29, 1.82) is 0 Å². The highest BCUT2D eigenvalue weighted by Gasteiger charge is 2.30. The van der Waals surface area contributed by atoms with Crippen molar-refractivity contribution in [2.45, 2.75) is 25.2 Å². The highest BCUT2D eigenvalue weighted by molar-refractivity contribution is 5.79. The monoisotopic (exact) mass is 323 g/mol. The van der Waals surface area contributed by atoms with Crippen molar-refractivity contribution in [2.75, 3.05) is 13.2 Å². The third-order valence-electron chi connectivity index (χ3n) is 5.20. The average molecular weight is 323 g/mol. The summed E-state index contributed by atoms with van der Waals surface area (Å²) in [5.41, 5.74) is 4.75. The van der Waals surface area contributed by atoms with Crippen LogP contribution in [-0.4, -0.2) is 29.5 Å². The van der Waals surface area contributed by atoms with Crippen LogP contribution in [0.2, 0.25) is 0 Å². The standard InChI is InChI=1S/C20H21NO3/c22-20(21(23)12-14-6-5-7-14)24-13-19-17-10-3-1-8-15(17)16-9-2-4-11-18(16)19/h1-4,8-11,14,19,23H,5-7,12-13H2. The summed E-state index contributed by atoms with van der Waals surface area (Å²) in [5, 5.41) is 10.6. The highest BCUT2D eigenvalue weighted by Crippen LogP contribution is 2.44. The molecule has 0 atom stereocenters. The molecular weight excluding hydrogens is 302 g/mol. The fraction of sp³-hybridized carbons (Fsp3) is 0.350. The molecule has 124 valence electrons. The van der Waals surface area contributed by atoms with Gasteiger partial charge in [-0.25, -0.2) is 4.79 Å². The number of hydroxylamine groups is 2. The van der Waals surface area contributed by atoms with E-state index in [1.54, 1.807) is 0 Å². The first-order valence-electron chi connectivity index (χ1n) is 8.55. The lowest BCUT2D eigenvalue weighted by atomic mass is 9.85. The van der Waals surface area contributed by atoms with Crippen LogP contribution < -0.4 is 0 Å². The van der Waals surface area contributed by atoms with Gasteiger partial charge in [0.25, 0.3) is 0 Å². The second-order valence-electron chi connectivity index (χ2n) is 6.68. The maximum atomic E-state index is 12.1. The summed E-state index contributed by atoms with van der Waals surface area (Å²) in [6.07, 6.45) is 2.69. The number of carbonyl (C=O) groups is 1. The number of fused-ring (bicyclic) bond motifs is 3. The lowest BCUT2D eigenvalue weighted by molar-refractivity contribution is -0.0893. The van der Waals surface area contributed by atoms with Gasteiger partial charge in [-0.15, -0.1) is 0 Å². The van der Waals surface area contributed by atoms with E-state index in [1.165, 1.54) is 28.7 Å². The summed E-state index contributed by atoms with van der Waals surface area (Å²) in [6.45, 7) is 0.616. The second-order valence-corrected chi connectivity index (χ2v) is 6.68. The van der Waals surface area contributed by atoms with Crippen LogP contribution in [-0.2, 0) is 4.74 Å². The predicted octanol–water partition coefficient (Wildman–Crippen LogP) is 4.43. The van der Waals surface area contributed by atoms with Crippen molar-refractivity contribution in [2.24, 2.45) is 5.92 Å². The van der Waals surface area contributed by atoms with Crippen molar-refractivity contribution in [3.8, 4) is 11.1 Å². The molecule has 0 heterocycles. The first kappa shape index (κ1) is 15.2. The maximum Gasteiger partial charge on any atom is 0.433 e. The van der Waals surface area contributed by atoms with Gasteiger partial charge in [-0.3, -0.25) is 5.21 Å². The van der Waals surface area contributed by atoms with Crippen molar-refractivity contribution in [1.82, 2.24) is 5.06 Å². The molecule has 2 aromatic carbocycles. The number of hydrogen-bond acceptors (Lipinski definition) is 3. The SMILES string of the molecule is O=C(OCC1c2ccccc2-c2ccccc21)N(O)CC1CCC1. The lowest BCUT2D eigenvalue weighted by Crippen LogP contribution is -2.35. The largest absolute Gasteiger partial charge is 0.447 e. The van der Waals surface area contributed by atoms with E-state index in [-0.39, 0.29) is 12.5 Å². The number of rotatable bonds is 4. The van der Waals surface area contributed by atoms with Gasteiger partial charge in [0.15, 0.2) is 0 Å². The molecule has 2 aliphatic rings. The van der Waals surface area contributed by atoms with E-state index in [0.717, 1.165) is 17.9 Å². The second kappa shape index (κ2) is 6.29. The Bertz CT molecular complexity index is 709. The van der Waals surface area contributed by atoms with Gasteiger partial charge in [0.2, 0.25) is 0 Å². The third kappa shape index (κ3) is 2.67. The van der Waals surface area contributed by atoms with Crippen molar-refractivity contribution in [3.63, 3.8) is 0 Å². The molecule has 0 aliphatic heterocycles. The normalized spacial score (nSPS) is 16.2. The molecule has 1 N–H and O–H groups in total. The summed E-state index contributed by atoms with van der Waals surface area (Å²) in [4.78, 5) is 12.1. The molecule has 0 aromatic heterocycles. The number of carbonyl (C=O) groups excluding carboxylic acids is 1. The lowest BCUT2D eigenvalue weighted by Gasteiger charge is -2.28. The van der Waals surface area contributed by atoms with Crippen LogP contribution in [0, 0.1) is 5.92 Å². The number of nitrogens with zero attached hydrogens (tertiary/aromatic N) is 1. The van der Waals surface area contributed by atoms with Crippen LogP contribution in [0.25, 0.3) is 11.1 Å². The smallest absolute Gasteiger partial charge is 0.433 e. The van der Waals surface area contributed by atoms with E-state index in [2.05, 4.69) is 24.3 Å². The van der Waals surface area contributed by atoms with Crippen LogP contribution in [0.1, 0.15) is 36.3 Å². The summed E-state index contributed by atoms with van der Waals surface area (Å²) >= 11 is 0. The molecule has 0 unspecified atom stereocenters. The van der Waals surface area contributed by atoms with Gasteiger partial charge in [-0.2, -0.15) is 5.06 Å². The topological polar surface area (TPSA) is 49.8 Å². The molecule has 0 radical (unpaired) electrons. The summed E-state index contributed by atoms with van der Waals surface area (Å²) in [7, 11) is 0. The Kier molecular flexibility index (Phi) is 3.98. The molecule has 1 amide bonds. The summed E-state index contributed by atoms with van der Waals surface area (Å²) in [5.74, 6) is 0.439. The van der Waals surface area contributed by atoms with Crippen molar-refractivity contribution < 1.29 is 14.7 Å². The Morgan fingerprint density at radius 2 is 1.62 bits per heavy atom. The number of benzene rings is 2. The minimum absolute atomic E-state index is 0.0263. The van der Waals surface area contributed by atoms with Crippen LogP contribution in [0.4, 0.5) is 4.79 Å². The van der Waals surface area contributed by atoms with E-state index < -0.39 is 6.09 Å². The van der Waals surface area contributed by atoms with Gasteiger partial charge in [-0.05, 0) is 41.0 Å². The zero-order chi connectivity index (χ0) is 16.5. The molecule has 1 saturated carbocycles. The van der Waals surface area contributed by atoms with Gasteiger partial charge in [0, 0.05) is 5.92 Å². The fourth-order valence-corrected chi connectivity index (χ4v) is 3.66. The fourth-order valence-electron chi connectivity index (χ4n) is 3.66. The molecule has 1 fully saturated rings. The van der Waals surface area contributed by atoms with Gasteiger partial charge < -0.3 is 4.74 Å². The Morgan fingerprint density at radius 3 is 2.17 bits per heavy atom. The minimum Gasteiger partial charge on any atom is -0.447 e. The van der Waals surface area contributed by atoms with Crippen LogP contribution >= 0.6 is 0 Å². The number of ether oxygens (including phenoxy) is 1. The minimum atomic E-state index is -0.649. The van der Waals surface area contributed by atoms with Crippen LogP contribution in [0.5, 0.6) is 0 Å². The molecule has 0 bridgehead atoms. The van der Waals surface area contributed by atoms with Gasteiger partial charge >= 0.3 is 6.09 Å². The Morgan fingerprint density at radius 1 is 1.04 bits per heavy atom. The van der Waals surface area contributed by atoms with E-state index >= 15 is 0 Å². The molecule has 0 spiro atoms. The van der Waals surface area contributed by atoms with Gasteiger partial charge in [0.05, 0.1) is 6.54 Å². The Hall–Kier alpha value is -2.33. The van der Waals surface area contributed by atoms with Gasteiger partial charge in [0.1, 0.15) is 6.61 Å². The van der Waals surface area contributed by atoms with E-state index in [0.29, 0.717) is 12.5 Å². The number of hydrogen-bond donors (Lipinski definition) is 1. The predicted molar refractivity (Wildman–Crippen MR) is 90.9 cm³/mol. The zero-order valence-corrected chi connectivity index (χ0v) is 13.5. The van der Waals surface area contributed by atoms with Crippen molar-refractivity contribution in [3.05, 3.63) is 59.7 Å². The molecule has 2 aromatic rings. The molecule has 4 rings (SSSR count). The van der Waals surface area contributed by atoms with E-state index in [9.17, 15) is 10.0 Å². The summed E-state index contributed by atoms with van der Waals surface area (Å²) < 4.78 is 5.41. The van der Waals surface area contributed by atoms with Crippen LogP contribution in [0.3, 0.4) is 0 Å². The molecule has 2 aliphatic carbocycles. The number of amides is 1. The third-order valence-corrected chi connectivity index (χ3v) is 5.20. The molecular formula is C20H21NO3. The molecule has 0 saturated heterocycles. The Balaban J connectivity index is 1.47. The molecule has 24 heavy (non-hydrogen) atoms. The van der Waals surface area contributed by atoms with Crippen LogP contribution in [0.15, 0.2) is 48.5 Å². The first-order valence-corrected chi connectivity index (χ1v) is 8.55. The van der Waals surface area contributed by atoms with E-state index in [4.69, 9.17) is 4.74 Å². The molecule has 4 nitrogen and oxygen atoms in total. The Labute approximate surface area is 141 Å². The quantitative estimate of drug-likeness (QED) is 0.669. The maximum absolute atomic E-state index is 12.1.